The lowest BCUT2D eigenvalue weighted by molar-refractivity contribution is -0.127. The number of carbonyl (C=O) groups excluding carboxylic acids is 1. The molecule has 0 bridgehead atoms. The summed E-state index contributed by atoms with van der Waals surface area (Å²) < 4.78 is 0. The Morgan fingerprint density at radius 3 is 2.82 bits per heavy atom. The molecule has 2 nitrogen and oxygen atoms in total. The minimum Gasteiger partial charge on any atom is -0.331 e. The molecule has 3 rings (SSSR count). The topological polar surface area (TPSA) is 20.3 Å². The van der Waals surface area contributed by atoms with E-state index in [4.69, 9.17) is 23.2 Å². The second-order valence-corrected chi connectivity index (χ2v) is 7.15. The van der Waals surface area contributed by atoms with Crippen molar-refractivity contribution < 1.29 is 4.79 Å². The molecule has 0 saturated heterocycles. The van der Waals surface area contributed by atoms with Crippen molar-refractivity contribution >= 4 is 46.5 Å². The second-order valence-electron chi connectivity index (χ2n) is 5.28. The van der Waals surface area contributed by atoms with Crippen molar-refractivity contribution in [3.8, 4) is 0 Å². The van der Waals surface area contributed by atoms with Crippen molar-refractivity contribution in [1.29, 1.82) is 0 Å². The second kappa shape index (κ2) is 6.86. The highest BCUT2D eigenvalue weighted by atomic mass is 35.5. The van der Waals surface area contributed by atoms with Crippen molar-refractivity contribution in [1.82, 2.24) is 4.90 Å². The van der Waals surface area contributed by atoms with Crippen molar-refractivity contribution in [2.24, 2.45) is 0 Å². The van der Waals surface area contributed by atoms with Gasteiger partial charge in [0.1, 0.15) is 0 Å². The Balaban J connectivity index is 1.73. The lowest BCUT2D eigenvalue weighted by Crippen LogP contribution is -2.30. The van der Waals surface area contributed by atoms with Crippen LogP contribution in [0.3, 0.4) is 0 Å². The van der Waals surface area contributed by atoms with E-state index in [1.165, 1.54) is 4.88 Å². The molecule has 1 aromatic heterocycles. The van der Waals surface area contributed by atoms with Crippen LogP contribution in [0.2, 0.25) is 10.0 Å². The molecule has 2 aromatic rings. The zero-order chi connectivity index (χ0) is 15.5. The molecule has 0 radical (unpaired) electrons. The van der Waals surface area contributed by atoms with E-state index >= 15 is 0 Å². The molecule has 114 valence electrons. The third-order valence-electron chi connectivity index (χ3n) is 3.54. The molecule has 1 aliphatic carbocycles. The summed E-state index contributed by atoms with van der Waals surface area (Å²) in [6.07, 6.45) is 5.50. The first kappa shape index (κ1) is 15.6. The number of rotatable bonds is 5. The Morgan fingerprint density at radius 1 is 1.32 bits per heavy atom. The smallest absolute Gasteiger partial charge is 0.247 e. The maximum atomic E-state index is 12.5. The van der Waals surface area contributed by atoms with Crippen molar-refractivity contribution in [3.05, 3.63) is 62.3 Å². The predicted octanol–water partition coefficient (Wildman–Crippen LogP) is 5.26. The van der Waals surface area contributed by atoms with E-state index in [1.54, 1.807) is 41.7 Å². The van der Waals surface area contributed by atoms with Gasteiger partial charge in [-0.15, -0.1) is 11.3 Å². The first-order valence-corrected chi connectivity index (χ1v) is 8.73. The van der Waals surface area contributed by atoms with Crippen LogP contribution >= 0.6 is 34.5 Å². The quantitative estimate of drug-likeness (QED) is 0.672. The average Bonchev–Trinajstić information content (AvgIpc) is 3.21. The molecule has 1 heterocycles. The van der Waals surface area contributed by atoms with Crippen LogP contribution in [-0.4, -0.2) is 16.8 Å². The largest absolute Gasteiger partial charge is 0.331 e. The SMILES string of the molecule is O=C(/C=C/c1cc(Cl)ccc1Cl)N(Cc1cccs1)C1CC1. The summed E-state index contributed by atoms with van der Waals surface area (Å²) in [7, 11) is 0. The fourth-order valence-electron chi connectivity index (χ4n) is 2.24. The molecular formula is C17H15Cl2NOS. The minimum atomic E-state index is 0.0203. The van der Waals surface area contributed by atoms with E-state index in [-0.39, 0.29) is 5.91 Å². The van der Waals surface area contributed by atoms with Crippen molar-refractivity contribution in [2.45, 2.75) is 25.4 Å². The van der Waals surface area contributed by atoms with Gasteiger partial charge in [-0.2, -0.15) is 0 Å². The molecule has 1 amide bonds. The number of amides is 1. The molecule has 22 heavy (non-hydrogen) atoms. The minimum absolute atomic E-state index is 0.0203. The number of nitrogens with zero attached hydrogens (tertiary/aromatic N) is 1. The first-order chi connectivity index (χ1) is 10.6. The van der Waals surface area contributed by atoms with E-state index in [0.717, 1.165) is 18.4 Å². The molecule has 1 aromatic carbocycles. The van der Waals surface area contributed by atoms with Crippen LogP contribution in [0.1, 0.15) is 23.3 Å². The lowest BCUT2D eigenvalue weighted by atomic mass is 10.2. The van der Waals surface area contributed by atoms with Gasteiger partial charge in [-0.05, 0) is 54.1 Å². The number of hydrogen-bond acceptors (Lipinski definition) is 2. The molecule has 5 heteroatoms. The monoisotopic (exact) mass is 351 g/mol. The highest BCUT2D eigenvalue weighted by Gasteiger charge is 2.31. The molecule has 0 atom stereocenters. The number of carbonyl (C=O) groups is 1. The van der Waals surface area contributed by atoms with Crippen LogP contribution in [-0.2, 0) is 11.3 Å². The van der Waals surface area contributed by atoms with E-state index in [1.807, 2.05) is 16.3 Å². The van der Waals surface area contributed by atoms with Crippen LogP contribution in [0.15, 0.2) is 41.8 Å². The summed E-state index contributed by atoms with van der Waals surface area (Å²) in [5.41, 5.74) is 0.759. The van der Waals surface area contributed by atoms with Gasteiger partial charge in [-0.1, -0.05) is 29.3 Å². The van der Waals surface area contributed by atoms with E-state index in [0.29, 0.717) is 22.6 Å². The number of thiophene rings is 1. The number of halogens is 2. The van der Waals surface area contributed by atoms with Gasteiger partial charge < -0.3 is 4.90 Å². The number of benzene rings is 1. The highest BCUT2D eigenvalue weighted by molar-refractivity contribution is 7.09. The molecule has 0 spiro atoms. The van der Waals surface area contributed by atoms with Gasteiger partial charge in [0.05, 0.1) is 6.54 Å². The maximum Gasteiger partial charge on any atom is 0.247 e. The normalized spacial score (nSPS) is 14.5. The molecule has 0 N–H and O–H groups in total. The Morgan fingerprint density at radius 2 is 2.14 bits per heavy atom. The molecule has 0 aliphatic heterocycles. The van der Waals surface area contributed by atoms with Crippen LogP contribution in [0, 0.1) is 0 Å². The van der Waals surface area contributed by atoms with Crippen LogP contribution in [0.5, 0.6) is 0 Å². The predicted molar refractivity (Wildman–Crippen MR) is 93.4 cm³/mol. The zero-order valence-electron chi connectivity index (χ0n) is 11.8. The highest BCUT2D eigenvalue weighted by Crippen LogP contribution is 2.30. The summed E-state index contributed by atoms with van der Waals surface area (Å²) in [5, 5.41) is 3.23. The lowest BCUT2D eigenvalue weighted by Gasteiger charge is -2.20. The van der Waals surface area contributed by atoms with Gasteiger partial charge in [-0.3, -0.25) is 4.79 Å². The van der Waals surface area contributed by atoms with Crippen LogP contribution in [0.25, 0.3) is 6.08 Å². The Bertz CT molecular complexity index is 693. The summed E-state index contributed by atoms with van der Waals surface area (Å²) in [4.78, 5) is 15.6. The van der Waals surface area contributed by atoms with Crippen LogP contribution in [0.4, 0.5) is 0 Å². The molecule has 0 unspecified atom stereocenters. The summed E-state index contributed by atoms with van der Waals surface area (Å²) in [6, 6.07) is 9.67. The van der Waals surface area contributed by atoms with Gasteiger partial charge in [-0.25, -0.2) is 0 Å². The average molecular weight is 352 g/mol. The Labute approximate surface area is 144 Å². The molecule has 1 saturated carbocycles. The fourth-order valence-corrected chi connectivity index (χ4v) is 3.31. The van der Waals surface area contributed by atoms with Gasteiger partial charge >= 0.3 is 0 Å². The van der Waals surface area contributed by atoms with Gasteiger partial charge in [0.2, 0.25) is 5.91 Å². The summed E-state index contributed by atoms with van der Waals surface area (Å²) >= 11 is 13.8. The first-order valence-electron chi connectivity index (χ1n) is 7.09. The summed E-state index contributed by atoms with van der Waals surface area (Å²) in [6.45, 7) is 0.675. The van der Waals surface area contributed by atoms with E-state index in [9.17, 15) is 4.79 Å². The molecule has 1 fully saturated rings. The van der Waals surface area contributed by atoms with Gasteiger partial charge in [0, 0.05) is 27.0 Å². The fraction of sp³-hybridized carbons (Fsp3) is 0.235. The molecule has 1 aliphatic rings. The van der Waals surface area contributed by atoms with Crippen molar-refractivity contribution in [3.63, 3.8) is 0 Å². The Hall–Kier alpha value is -1.29. The van der Waals surface area contributed by atoms with E-state index in [2.05, 4.69) is 6.07 Å². The standard InChI is InChI=1S/C17H15Cl2NOS/c18-13-4-7-16(19)12(10-13)3-8-17(21)20(14-5-6-14)11-15-2-1-9-22-15/h1-4,7-10,14H,5-6,11H2/b8-3+. The van der Waals surface area contributed by atoms with E-state index < -0.39 is 0 Å². The molecular weight excluding hydrogens is 337 g/mol. The third-order valence-corrected chi connectivity index (χ3v) is 4.98. The number of hydrogen-bond donors (Lipinski definition) is 0. The van der Waals surface area contributed by atoms with Gasteiger partial charge in [0.15, 0.2) is 0 Å². The maximum absolute atomic E-state index is 12.5. The van der Waals surface area contributed by atoms with Gasteiger partial charge in [0.25, 0.3) is 0 Å². The summed E-state index contributed by atoms with van der Waals surface area (Å²) in [5.74, 6) is 0.0203. The van der Waals surface area contributed by atoms with Crippen LogP contribution < -0.4 is 0 Å². The zero-order valence-corrected chi connectivity index (χ0v) is 14.2. The van der Waals surface area contributed by atoms with Crippen molar-refractivity contribution in [2.75, 3.05) is 0 Å². The Kier molecular flexibility index (Phi) is 4.87. The third kappa shape index (κ3) is 3.92.